The van der Waals surface area contributed by atoms with E-state index in [2.05, 4.69) is 33.3 Å². The van der Waals surface area contributed by atoms with Gasteiger partial charge in [-0.05, 0) is 45.0 Å². The van der Waals surface area contributed by atoms with Crippen LogP contribution in [-0.4, -0.2) is 46.6 Å². The Hall–Kier alpha value is -3.24. The zero-order valence-corrected chi connectivity index (χ0v) is 15.9. The Morgan fingerprint density at radius 3 is 2.78 bits per heavy atom. The number of nitriles is 1. The highest BCUT2D eigenvalue weighted by atomic mass is 16.5. The largest absolute Gasteiger partial charge is 0.471 e. The Kier molecular flexibility index (Phi) is 5.48. The lowest BCUT2D eigenvalue weighted by molar-refractivity contribution is 0.169. The molecule has 0 aliphatic heterocycles. The van der Waals surface area contributed by atoms with E-state index >= 15 is 0 Å². The van der Waals surface area contributed by atoms with Gasteiger partial charge < -0.3 is 15.0 Å². The number of ether oxygens (including phenoxy) is 1. The molecule has 3 aromatic rings. The van der Waals surface area contributed by atoms with Crippen molar-refractivity contribution in [2.45, 2.75) is 20.0 Å². The van der Waals surface area contributed by atoms with Crippen molar-refractivity contribution in [1.82, 2.24) is 19.9 Å². The number of aromatic nitrogens is 3. The fourth-order valence-electron chi connectivity index (χ4n) is 2.86. The zero-order valence-electron chi connectivity index (χ0n) is 15.9. The molecule has 0 amide bonds. The molecule has 0 saturated heterocycles. The first-order valence-electron chi connectivity index (χ1n) is 8.67. The molecule has 0 unspecified atom stereocenters. The quantitative estimate of drug-likeness (QED) is 0.720. The van der Waals surface area contributed by atoms with Gasteiger partial charge in [-0.15, -0.1) is 0 Å². The molecule has 0 bridgehead atoms. The van der Waals surface area contributed by atoms with Gasteiger partial charge in [-0.3, -0.25) is 0 Å². The van der Waals surface area contributed by atoms with E-state index in [9.17, 15) is 5.26 Å². The monoisotopic (exact) mass is 362 g/mol. The molecule has 2 aromatic heterocycles. The minimum atomic E-state index is -0.126. The second kappa shape index (κ2) is 7.98. The maximum Gasteiger partial charge on any atom is 0.253 e. The molecule has 7 nitrogen and oxygen atoms in total. The van der Waals surface area contributed by atoms with Crippen LogP contribution in [0.3, 0.4) is 0 Å². The third-order valence-corrected chi connectivity index (χ3v) is 4.02. The molecule has 138 valence electrons. The van der Waals surface area contributed by atoms with E-state index in [-0.39, 0.29) is 17.7 Å². The van der Waals surface area contributed by atoms with E-state index in [1.165, 1.54) is 11.8 Å². The summed E-state index contributed by atoms with van der Waals surface area (Å²) in [7, 11) is 3.92. The van der Waals surface area contributed by atoms with Crippen LogP contribution in [-0.2, 0) is 0 Å². The van der Waals surface area contributed by atoms with E-state index in [1.807, 2.05) is 56.4 Å². The summed E-state index contributed by atoms with van der Waals surface area (Å²) in [6, 6.07) is 10.1. The van der Waals surface area contributed by atoms with Gasteiger partial charge in [-0.2, -0.15) is 10.2 Å². The van der Waals surface area contributed by atoms with Crippen LogP contribution in [0, 0.1) is 18.3 Å². The van der Waals surface area contributed by atoms with Crippen LogP contribution in [0.4, 0.5) is 11.6 Å². The van der Waals surface area contributed by atoms with Crippen LogP contribution in [0.15, 0.2) is 36.7 Å². The highest BCUT2D eigenvalue weighted by molar-refractivity contribution is 5.87. The summed E-state index contributed by atoms with van der Waals surface area (Å²) in [5.41, 5.74) is 1.34. The first kappa shape index (κ1) is 18.5. The van der Waals surface area contributed by atoms with E-state index in [1.54, 1.807) is 0 Å². The van der Waals surface area contributed by atoms with E-state index in [4.69, 9.17) is 4.74 Å². The van der Waals surface area contributed by atoms with Crippen LogP contribution in [0.1, 0.15) is 18.2 Å². The molecular weight excluding hydrogens is 340 g/mol. The van der Waals surface area contributed by atoms with Crippen molar-refractivity contribution < 1.29 is 4.74 Å². The SMILES string of the molecule is Cc1cccc2cc(Nc3cnc(C#N)c(O[C@H](C)CN(C)C)n3)ncc12. The molecule has 0 aliphatic rings. The molecule has 1 N–H and O–H groups in total. The summed E-state index contributed by atoms with van der Waals surface area (Å²) >= 11 is 0. The Bertz CT molecular complexity index is 995. The molecule has 0 saturated carbocycles. The molecule has 1 aromatic carbocycles. The van der Waals surface area contributed by atoms with Crippen molar-refractivity contribution in [2.75, 3.05) is 26.0 Å². The summed E-state index contributed by atoms with van der Waals surface area (Å²) in [6.45, 7) is 4.69. The predicted molar refractivity (Wildman–Crippen MR) is 105 cm³/mol. The number of hydrogen-bond donors (Lipinski definition) is 1. The second-order valence-corrected chi connectivity index (χ2v) is 6.70. The summed E-state index contributed by atoms with van der Waals surface area (Å²) in [5, 5.41) is 14.6. The average Bonchev–Trinajstić information content (AvgIpc) is 2.61. The van der Waals surface area contributed by atoms with Crippen LogP contribution >= 0.6 is 0 Å². The van der Waals surface area contributed by atoms with E-state index in [0.717, 1.165) is 10.8 Å². The van der Waals surface area contributed by atoms with Gasteiger partial charge >= 0.3 is 0 Å². The minimum Gasteiger partial charge on any atom is -0.471 e. The summed E-state index contributed by atoms with van der Waals surface area (Å²) in [4.78, 5) is 15.0. The minimum absolute atomic E-state index is 0.126. The first-order valence-corrected chi connectivity index (χ1v) is 8.67. The van der Waals surface area contributed by atoms with Crippen LogP contribution in [0.2, 0.25) is 0 Å². The maximum absolute atomic E-state index is 9.26. The number of anilines is 2. The van der Waals surface area contributed by atoms with E-state index < -0.39 is 0 Å². The Morgan fingerprint density at radius 2 is 2.04 bits per heavy atom. The third-order valence-electron chi connectivity index (χ3n) is 4.02. The van der Waals surface area contributed by atoms with Gasteiger partial charge in [0.2, 0.25) is 5.69 Å². The number of benzene rings is 1. The molecule has 0 fully saturated rings. The van der Waals surface area contributed by atoms with Gasteiger partial charge in [-0.1, -0.05) is 18.2 Å². The van der Waals surface area contributed by atoms with Gasteiger partial charge in [-0.25, -0.2) is 9.97 Å². The number of nitrogens with one attached hydrogen (secondary N) is 1. The fraction of sp³-hybridized carbons (Fsp3) is 0.300. The van der Waals surface area contributed by atoms with Gasteiger partial charge in [0, 0.05) is 18.1 Å². The van der Waals surface area contributed by atoms with Gasteiger partial charge in [0.15, 0.2) is 5.82 Å². The van der Waals surface area contributed by atoms with Crippen LogP contribution in [0.25, 0.3) is 10.8 Å². The van der Waals surface area contributed by atoms with Gasteiger partial charge in [0.1, 0.15) is 18.0 Å². The topological polar surface area (TPSA) is 87.0 Å². The van der Waals surface area contributed by atoms with Crippen LogP contribution in [0.5, 0.6) is 5.88 Å². The second-order valence-electron chi connectivity index (χ2n) is 6.70. The molecule has 0 spiro atoms. The normalized spacial score (nSPS) is 12.0. The number of hydrogen-bond acceptors (Lipinski definition) is 7. The number of fused-ring (bicyclic) bond motifs is 1. The van der Waals surface area contributed by atoms with Crippen molar-refractivity contribution in [1.29, 1.82) is 5.26 Å². The lowest BCUT2D eigenvalue weighted by Gasteiger charge is -2.18. The lowest BCUT2D eigenvalue weighted by Crippen LogP contribution is -2.28. The van der Waals surface area contributed by atoms with Gasteiger partial charge in [0.25, 0.3) is 5.88 Å². The number of rotatable bonds is 6. The van der Waals surface area contributed by atoms with Crippen molar-refractivity contribution in [3.05, 3.63) is 47.9 Å². The molecule has 0 aliphatic carbocycles. The number of aryl methyl sites for hydroxylation is 1. The van der Waals surface area contributed by atoms with Crippen LogP contribution < -0.4 is 10.1 Å². The Morgan fingerprint density at radius 1 is 1.22 bits per heavy atom. The van der Waals surface area contributed by atoms with E-state index in [0.29, 0.717) is 18.2 Å². The van der Waals surface area contributed by atoms with Gasteiger partial charge in [0.05, 0.1) is 6.20 Å². The zero-order chi connectivity index (χ0) is 19.4. The Labute approximate surface area is 158 Å². The lowest BCUT2D eigenvalue weighted by atomic mass is 10.1. The first-order chi connectivity index (χ1) is 13.0. The van der Waals surface area contributed by atoms with Crippen molar-refractivity contribution in [3.63, 3.8) is 0 Å². The number of nitrogens with zero attached hydrogens (tertiary/aromatic N) is 5. The molecule has 1 atom stereocenters. The number of likely N-dealkylation sites (N-methyl/N-ethyl adjacent to an activating group) is 1. The summed E-state index contributed by atoms with van der Waals surface area (Å²) in [6.07, 6.45) is 3.21. The summed E-state index contributed by atoms with van der Waals surface area (Å²) in [5.74, 6) is 1.34. The van der Waals surface area contributed by atoms with Crippen molar-refractivity contribution >= 4 is 22.4 Å². The van der Waals surface area contributed by atoms with Crippen molar-refractivity contribution in [3.8, 4) is 11.9 Å². The predicted octanol–water partition coefficient (Wildman–Crippen LogP) is 3.28. The molecule has 27 heavy (non-hydrogen) atoms. The van der Waals surface area contributed by atoms with Crippen molar-refractivity contribution in [2.24, 2.45) is 0 Å². The molecule has 3 rings (SSSR count). The average molecular weight is 362 g/mol. The standard InChI is InChI=1S/C20H22N6O/c1-13-6-5-7-15-8-18(23-10-16(13)15)24-19-11-22-17(9-21)20(25-19)27-14(2)12-26(3)4/h5-8,10-11,14H,12H2,1-4H3,(H,23,24,25)/t14-/m1/s1. The third kappa shape index (κ3) is 4.49. The Balaban J connectivity index is 1.85. The molecule has 2 heterocycles. The molecule has 7 heteroatoms. The fourth-order valence-corrected chi connectivity index (χ4v) is 2.86. The smallest absolute Gasteiger partial charge is 0.253 e. The molecular formula is C20H22N6O. The highest BCUT2D eigenvalue weighted by Gasteiger charge is 2.14. The highest BCUT2D eigenvalue weighted by Crippen LogP contribution is 2.23. The number of pyridine rings is 1. The summed E-state index contributed by atoms with van der Waals surface area (Å²) < 4.78 is 5.81. The maximum atomic E-state index is 9.26. The molecule has 0 radical (unpaired) electrons.